The number of aryl methyl sites for hydroxylation is 1. The fourth-order valence-electron chi connectivity index (χ4n) is 2.99. The molecule has 0 aromatic carbocycles. The van der Waals surface area contributed by atoms with Crippen LogP contribution >= 0.6 is 27.3 Å². The number of rotatable bonds is 3. The fraction of sp³-hybridized carbons (Fsp3) is 0.471. The first-order chi connectivity index (χ1) is 11.5. The molecule has 0 unspecified atom stereocenters. The predicted molar refractivity (Wildman–Crippen MR) is 98.6 cm³/mol. The number of halogens is 1. The summed E-state index contributed by atoms with van der Waals surface area (Å²) in [6.45, 7) is 5.84. The van der Waals surface area contributed by atoms with Crippen molar-refractivity contribution < 1.29 is 4.79 Å². The van der Waals surface area contributed by atoms with Gasteiger partial charge in [0.25, 0.3) is 11.5 Å². The van der Waals surface area contributed by atoms with Crippen LogP contribution in [0.5, 0.6) is 0 Å². The van der Waals surface area contributed by atoms with Crippen LogP contribution in [0.15, 0.2) is 27.0 Å². The number of piperidine rings is 1. The Kier molecular flexibility index (Phi) is 5.20. The lowest BCUT2D eigenvalue weighted by molar-refractivity contribution is 0.0687. The largest absolute Gasteiger partial charge is 0.338 e. The quantitative estimate of drug-likeness (QED) is 0.781. The van der Waals surface area contributed by atoms with E-state index in [0.29, 0.717) is 18.0 Å². The number of nitrogens with zero attached hydrogens (tertiary/aromatic N) is 3. The maximum atomic E-state index is 12.5. The van der Waals surface area contributed by atoms with Crippen molar-refractivity contribution in [2.75, 3.05) is 13.1 Å². The van der Waals surface area contributed by atoms with Gasteiger partial charge in [-0.1, -0.05) is 0 Å². The van der Waals surface area contributed by atoms with Gasteiger partial charge in [-0.25, -0.2) is 4.98 Å². The van der Waals surface area contributed by atoms with Gasteiger partial charge in [0.15, 0.2) is 0 Å². The van der Waals surface area contributed by atoms with E-state index in [4.69, 9.17) is 0 Å². The summed E-state index contributed by atoms with van der Waals surface area (Å²) in [6, 6.07) is 3.77. The molecular weight excluding hydrogens is 390 g/mol. The molecule has 0 saturated carbocycles. The summed E-state index contributed by atoms with van der Waals surface area (Å²) in [6.07, 6.45) is 3.47. The highest BCUT2D eigenvalue weighted by Crippen LogP contribution is 2.26. The molecule has 0 bridgehead atoms. The monoisotopic (exact) mass is 409 g/mol. The minimum Gasteiger partial charge on any atom is -0.338 e. The van der Waals surface area contributed by atoms with Gasteiger partial charge in [-0.3, -0.25) is 14.2 Å². The number of carbonyl (C=O) groups is 1. The summed E-state index contributed by atoms with van der Waals surface area (Å²) in [5.41, 5.74) is 1.55. The van der Waals surface area contributed by atoms with Crippen molar-refractivity contribution in [3.8, 4) is 0 Å². The maximum Gasteiger partial charge on any atom is 0.263 e. The van der Waals surface area contributed by atoms with Crippen molar-refractivity contribution in [1.29, 1.82) is 0 Å². The standard InChI is InChI=1S/C17H20BrN3O2S/c1-11-12(2)19-10-21(16(11)22)9-13-5-7-20(8-6-13)17(23)14-3-4-15(18)24-14/h3-4,10,13H,5-9H2,1-2H3. The van der Waals surface area contributed by atoms with Crippen LogP contribution in [0.25, 0.3) is 0 Å². The topological polar surface area (TPSA) is 55.2 Å². The molecule has 0 N–H and O–H groups in total. The maximum absolute atomic E-state index is 12.5. The molecule has 0 radical (unpaired) electrons. The lowest BCUT2D eigenvalue weighted by Gasteiger charge is -2.32. The van der Waals surface area contributed by atoms with E-state index in [1.165, 1.54) is 11.3 Å². The second-order valence-electron chi connectivity index (χ2n) is 6.25. The third-order valence-electron chi connectivity index (χ3n) is 4.66. The van der Waals surface area contributed by atoms with Crippen LogP contribution in [-0.2, 0) is 6.54 Å². The van der Waals surface area contributed by atoms with E-state index in [2.05, 4.69) is 20.9 Å². The average molecular weight is 410 g/mol. The Labute approximate surface area is 153 Å². The van der Waals surface area contributed by atoms with Crippen molar-refractivity contribution in [3.05, 3.63) is 48.7 Å². The van der Waals surface area contributed by atoms with Gasteiger partial charge in [0.05, 0.1) is 15.0 Å². The van der Waals surface area contributed by atoms with Crippen molar-refractivity contribution >= 4 is 33.2 Å². The Morgan fingerprint density at radius 3 is 2.67 bits per heavy atom. The molecule has 2 aromatic heterocycles. The third kappa shape index (κ3) is 3.62. The fourth-order valence-corrected chi connectivity index (χ4v) is 4.34. The van der Waals surface area contributed by atoms with E-state index in [9.17, 15) is 9.59 Å². The highest BCUT2D eigenvalue weighted by Gasteiger charge is 2.25. The lowest BCUT2D eigenvalue weighted by Crippen LogP contribution is -2.40. The van der Waals surface area contributed by atoms with Gasteiger partial charge >= 0.3 is 0 Å². The summed E-state index contributed by atoms with van der Waals surface area (Å²) < 4.78 is 2.68. The van der Waals surface area contributed by atoms with Gasteiger partial charge < -0.3 is 4.90 Å². The molecule has 1 aliphatic heterocycles. The van der Waals surface area contributed by atoms with E-state index in [-0.39, 0.29) is 11.5 Å². The zero-order valence-corrected chi connectivity index (χ0v) is 16.2. The molecule has 1 saturated heterocycles. The van der Waals surface area contributed by atoms with E-state index >= 15 is 0 Å². The zero-order chi connectivity index (χ0) is 17.3. The molecule has 3 heterocycles. The van der Waals surface area contributed by atoms with Gasteiger partial charge in [-0.2, -0.15) is 0 Å². The number of amides is 1. The molecule has 24 heavy (non-hydrogen) atoms. The van der Waals surface area contributed by atoms with Crippen LogP contribution in [-0.4, -0.2) is 33.4 Å². The SMILES string of the molecule is Cc1ncn(CC2CCN(C(=O)c3ccc(Br)s3)CC2)c(=O)c1C. The molecule has 3 rings (SSSR count). The molecule has 1 fully saturated rings. The third-order valence-corrected chi connectivity index (χ3v) is 6.27. The minimum absolute atomic E-state index is 0.0458. The van der Waals surface area contributed by atoms with Gasteiger partial charge in [-0.05, 0) is 60.7 Å². The molecule has 128 valence electrons. The van der Waals surface area contributed by atoms with Crippen LogP contribution in [0.4, 0.5) is 0 Å². The second kappa shape index (κ2) is 7.19. The van der Waals surface area contributed by atoms with Crippen LogP contribution in [0, 0.1) is 19.8 Å². The van der Waals surface area contributed by atoms with E-state index in [1.807, 2.05) is 30.9 Å². The summed E-state index contributed by atoms with van der Waals surface area (Å²) in [5, 5.41) is 0. The smallest absolute Gasteiger partial charge is 0.263 e. The average Bonchev–Trinajstić information content (AvgIpc) is 3.02. The van der Waals surface area contributed by atoms with Gasteiger partial charge in [0.2, 0.25) is 0 Å². The summed E-state index contributed by atoms with van der Waals surface area (Å²) in [4.78, 5) is 31.7. The summed E-state index contributed by atoms with van der Waals surface area (Å²) in [5.74, 6) is 0.514. The first kappa shape index (κ1) is 17.4. The molecule has 5 nitrogen and oxygen atoms in total. The Bertz CT molecular complexity index is 806. The number of aromatic nitrogens is 2. The Morgan fingerprint density at radius 2 is 2.04 bits per heavy atom. The Balaban J connectivity index is 1.60. The van der Waals surface area contributed by atoms with E-state index in [0.717, 1.165) is 40.3 Å². The summed E-state index contributed by atoms with van der Waals surface area (Å²) in [7, 11) is 0. The van der Waals surface area contributed by atoms with Gasteiger partial charge in [0, 0.05) is 30.9 Å². The molecule has 0 aliphatic carbocycles. The molecule has 1 amide bonds. The van der Waals surface area contributed by atoms with E-state index < -0.39 is 0 Å². The van der Waals surface area contributed by atoms with Crippen LogP contribution in [0.3, 0.4) is 0 Å². The van der Waals surface area contributed by atoms with Gasteiger partial charge in [-0.15, -0.1) is 11.3 Å². The molecule has 7 heteroatoms. The Hall–Kier alpha value is -1.47. The number of hydrogen-bond acceptors (Lipinski definition) is 4. The minimum atomic E-state index is 0.0458. The molecule has 1 aliphatic rings. The van der Waals surface area contributed by atoms with Crippen molar-refractivity contribution in [2.24, 2.45) is 5.92 Å². The molecule has 2 aromatic rings. The first-order valence-corrected chi connectivity index (χ1v) is 9.64. The first-order valence-electron chi connectivity index (χ1n) is 8.03. The predicted octanol–water partition coefficient (Wildman–Crippen LogP) is 3.24. The number of carbonyl (C=O) groups excluding carboxylic acids is 1. The zero-order valence-electron chi connectivity index (χ0n) is 13.8. The van der Waals surface area contributed by atoms with Crippen molar-refractivity contribution in [3.63, 3.8) is 0 Å². The van der Waals surface area contributed by atoms with Crippen LogP contribution < -0.4 is 5.56 Å². The number of likely N-dealkylation sites (tertiary alicyclic amines) is 1. The van der Waals surface area contributed by atoms with Crippen LogP contribution in [0.2, 0.25) is 0 Å². The highest BCUT2D eigenvalue weighted by molar-refractivity contribution is 9.11. The van der Waals surface area contributed by atoms with Crippen LogP contribution in [0.1, 0.15) is 33.8 Å². The second-order valence-corrected chi connectivity index (χ2v) is 8.71. The van der Waals surface area contributed by atoms with Crippen molar-refractivity contribution in [2.45, 2.75) is 33.2 Å². The van der Waals surface area contributed by atoms with E-state index in [1.54, 1.807) is 10.9 Å². The van der Waals surface area contributed by atoms with Gasteiger partial charge in [0.1, 0.15) is 0 Å². The Morgan fingerprint density at radius 1 is 1.33 bits per heavy atom. The molecular formula is C17H20BrN3O2S. The molecule has 0 spiro atoms. The lowest BCUT2D eigenvalue weighted by atomic mass is 9.96. The highest BCUT2D eigenvalue weighted by atomic mass is 79.9. The molecule has 0 atom stereocenters. The summed E-state index contributed by atoms with van der Waals surface area (Å²) >= 11 is 4.87. The normalized spacial score (nSPS) is 15.7. The van der Waals surface area contributed by atoms with Crippen molar-refractivity contribution in [1.82, 2.24) is 14.5 Å². The number of hydrogen-bond donors (Lipinski definition) is 0. The number of thiophene rings is 1.